The minimum Gasteiger partial charge on any atom is -0.395 e. The second kappa shape index (κ2) is 7.05. The van der Waals surface area contributed by atoms with Gasteiger partial charge in [0.15, 0.2) is 0 Å². The minimum absolute atomic E-state index is 0.178. The van der Waals surface area contributed by atoms with Gasteiger partial charge in [-0.2, -0.15) is 0 Å². The Morgan fingerprint density at radius 2 is 1.79 bits per heavy atom. The quantitative estimate of drug-likeness (QED) is 0.710. The molecule has 112 valence electrons. The molecule has 3 heteroatoms. The highest BCUT2D eigenvalue weighted by Gasteiger charge is 2.38. The summed E-state index contributed by atoms with van der Waals surface area (Å²) in [7, 11) is 0. The lowest BCUT2D eigenvalue weighted by Crippen LogP contribution is -2.54. The molecule has 2 rings (SSSR count). The summed E-state index contributed by atoms with van der Waals surface area (Å²) in [5.41, 5.74) is 6.41. The molecule has 0 aromatic rings. The molecule has 2 aliphatic carbocycles. The smallest absolute Gasteiger partial charge is 0.0602 e. The summed E-state index contributed by atoms with van der Waals surface area (Å²) in [6, 6.07) is 1.04. The zero-order valence-corrected chi connectivity index (χ0v) is 12.7. The first-order valence-corrected chi connectivity index (χ1v) is 8.25. The molecule has 2 unspecified atom stereocenters. The van der Waals surface area contributed by atoms with Crippen LogP contribution in [0.3, 0.4) is 0 Å². The predicted molar refractivity (Wildman–Crippen MR) is 80.0 cm³/mol. The van der Waals surface area contributed by atoms with E-state index in [0.29, 0.717) is 12.0 Å². The summed E-state index contributed by atoms with van der Waals surface area (Å²) < 4.78 is 0. The van der Waals surface area contributed by atoms with Gasteiger partial charge in [0.25, 0.3) is 0 Å². The highest BCUT2D eigenvalue weighted by molar-refractivity contribution is 4.95. The number of rotatable bonds is 8. The molecule has 2 atom stereocenters. The molecule has 0 radical (unpaired) electrons. The summed E-state index contributed by atoms with van der Waals surface area (Å²) in [6.45, 7) is 5.89. The largest absolute Gasteiger partial charge is 0.395 e. The van der Waals surface area contributed by atoms with Crippen molar-refractivity contribution in [2.45, 2.75) is 76.9 Å². The molecular formula is C16H32N2O. The predicted octanol–water partition coefficient (Wildman–Crippen LogP) is 2.38. The topological polar surface area (TPSA) is 49.5 Å². The third-order valence-electron chi connectivity index (χ3n) is 4.98. The van der Waals surface area contributed by atoms with E-state index in [0.717, 1.165) is 12.5 Å². The van der Waals surface area contributed by atoms with Crippen molar-refractivity contribution in [3.63, 3.8) is 0 Å². The van der Waals surface area contributed by atoms with E-state index < -0.39 is 0 Å². The van der Waals surface area contributed by atoms with Crippen LogP contribution in [0.25, 0.3) is 0 Å². The second-order valence-corrected chi connectivity index (χ2v) is 7.02. The van der Waals surface area contributed by atoms with Gasteiger partial charge >= 0.3 is 0 Å². The van der Waals surface area contributed by atoms with Gasteiger partial charge < -0.3 is 10.8 Å². The molecule has 0 aromatic carbocycles. The third-order valence-corrected chi connectivity index (χ3v) is 4.98. The maximum Gasteiger partial charge on any atom is 0.0602 e. The van der Waals surface area contributed by atoms with Crippen molar-refractivity contribution in [3.05, 3.63) is 0 Å². The van der Waals surface area contributed by atoms with Crippen molar-refractivity contribution >= 4 is 0 Å². The summed E-state index contributed by atoms with van der Waals surface area (Å²) in [5.74, 6) is 1.39. The van der Waals surface area contributed by atoms with Gasteiger partial charge in [-0.1, -0.05) is 26.7 Å². The first-order chi connectivity index (χ1) is 9.13. The van der Waals surface area contributed by atoms with Crippen LogP contribution in [0.15, 0.2) is 0 Å². The van der Waals surface area contributed by atoms with Crippen LogP contribution >= 0.6 is 0 Å². The van der Waals surface area contributed by atoms with Crippen LogP contribution in [-0.2, 0) is 0 Å². The first kappa shape index (κ1) is 15.3. The Balaban J connectivity index is 1.99. The van der Waals surface area contributed by atoms with Gasteiger partial charge in [0, 0.05) is 18.1 Å². The third kappa shape index (κ3) is 4.17. The van der Waals surface area contributed by atoms with Crippen molar-refractivity contribution in [3.8, 4) is 0 Å². The first-order valence-electron chi connectivity index (χ1n) is 8.25. The maximum absolute atomic E-state index is 9.85. The number of hydrogen-bond donors (Lipinski definition) is 2. The number of nitrogens with two attached hydrogens (primary N) is 1. The lowest BCUT2D eigenvalue weighted by Gasteiger charge is -2.39. The Labute approximate surface area is 118 Å². The molecule has 0 amide bonds. The van der Waals surface area contributed by atoms with Gasteiger partial charge in [-0.15, -0.1) is 0 Å². The van der Waals surface area contributed by atoms with E-state index in [1.54, 1.807) is 0 Å². The molecule has 0 heterocycles. The molecule has 0 spiro atoms. The van der Waals surface area contributed by atoms with Crippen molar-refractivity contribution < 1.29 is 5.11 Å². The van der Waals surface area contributed by atoms with Gasteiger partial charge in [0.2, 0.25) is 0 Å². The van der Waals surface area contributed by atoms with Crippen LogP contribution in [0.1, 0.15) is 58.8 Å². The molecule has 0 aromatic heterocycles. The highest BCUT2D eigenvalue weighted by Crippen LogP contribution is 2.36. The normalized spacial score (nSPS) is 24.3. The fourth-order valence-corrected chi connectivity index (χ4v) is 3.51. The number of aliphatic hydroxyl groups excluding tert-OH is 1. The van der Waals surface area contributed by atoms with Gasteiger partial charge in [-0.05, 0) is 50.5 Å². The molecule has 3 nitrogen and oxygen atoms in total. The molecule has 3 N–H and O–H groups in total. The Morgan fingerprint density at radius 1 is 1.16 bits per heavy atom. The van der Waals surface area contributed by atoms with Crippen LogP contribution in [0, 0.1) is 11.8 Å². The molecule has 2 fully saturated rings. The SMILES string of the molecule is CC(C)CCN(C1CCCC1)C(CO)C(N)C1CC1. The Morgan fingerprint density at radius 3 is 2.26 bits per heavy atom. The zero-order chi connectivity index (χ0) is 13.8. The average molecular weight is 268 g/mol. The van der Waals surface area contributed by atoms with Gasteiger partial charge in [0.05, 0.1) is 6.61 Å². The van der Waals surface area contributed by atoms with Gasteiger partial charge in [0.1, 0.15) is 0 Å². The molecule has 0 saturated heterocycles. The van der Waals surface area contributed by atoms with E-state index in [2.05, 4.69) is 18.7 Å². The Bertz CT molecular complexity index is 259. The van der Waals surface area contributed by atoms with Crippen molar-refractivity contribution in [2.24, 2.45) is 17.6 Å². The molecule has 2 aliphatic rings. The molecule has 0 aliphatic heterocycles. The van der Waals surface area contributed by atoms with E-state index in [-0.39, 0.29) is 18.7 Å². The lowest BCUT2D eigenvalue weighted by molar-refractivity contribution is 0.0593. The number of nitrogens with zero attached hydrogens (tertiary/aromatic N) is 1. The monoisotopic (exact) mass is 268 g/mol. The highest BCUT2D eigenvalue weighted by atomic mass is 16.3. The van der Waals surface area contributed by atoms with Crippen LogP contribution < -0.4 is 5.73 Å². The average Bonchev–Trinajstić information content (AvgIpc) is 3.10. The van der Waals surface area contributed by atoms with E-state index in [1.807, 2.05) is 0 Å². The Hall–Kier alpha value is -0.120. The van der Waals surface area contributed by atoms with E-state index in [1.165, 1.54) is 44.9 Å². The molecule has 0 bridgehead atoms. The molecule has 2 saturated carbocycles. The number of aliphatic hydroxyl groups is 1. The maximum atomic E-state index is 9.85. The fourth-order valence-electron chi connectivity index (χ4n) is 3.51. The van der Waals surface area contributed by atoms with Crippen LogP contribution in [-0.4, -0.2) is 41.3 Å². The van der Waals surface area contributed by atoms with Crippen LogP contribution in [0.5, 0.6) is 0 Å². The van der Waals surface area contributed by atoms with Gasteiger partial charge in [-0.25, -0.2) is 0 Å². The van der Waals surface area contributed by atoms with Crippen molar-refractivity contribution in [1.82, 2.24) is 4.90 Å². The van der Waals surface area contributed by atoms with E-state index in [4.69, 9.17) is 5.73 Å². The summed E-state index contributed by atoms with van der Waals surface area (Å²) in [5, 5.41) is 9.85. The number of hydrogen-bond acceptors (Lipinski definition) is 3. The second-order valence-electron chi connectivity index (χ2n) is 7.02. The molecule has 19 heavy (non-hydrogen) atoms. The van der Waals surface area contributed by atoms with E-state index >= 15 is 0 Å². The Kier molecular flexibility index (Phi) is 5.67. The molecular weight excluding hydrogens is 236 g/mol. The standard InChI is InChI=1S/C16H32N2O/c1-12(2)9-10-18(14-5-3-4-6-14)15(11-19)16(17)13-7-8-13/h12-16,19H,3-11,17H2,1-2H3. The zero-order valence-electron chi connectivity index (χ0n) is 12.7. The van der Waals surface area contributed by atoms with Crippen LogP contribution in [0.2, 0.25) is 0 Å². The minimum atomic E-state index is 0.178. The summed E-state index contributed by atoms with van der Waals surface area (Å²) in [4.78, 5) is 2.57. The van der Waals surface area contributed by atoms with Gasteiger partial charge in [-0.3, -0.25) is 4.90 Å². The van der Waals surface area contributed by atoms with Crippen LogP contribution in [0.4, 0.5) is 0 Å². The summed E-state index contributed by atoms with van der Waals surface area (Å²) >= 11 is 0. The fraction of sp³-hybridized carbons (Fsp3) is 1.00. The van der Waals surface area contributed by atoms with Crippen molar-refractivity contribution in [1.29, 1.82) is 0 Å². The van der Waals surface area contributed by atoms with Crippen molar-refractivity contribution in [2.75, 3.05) is 13.2 Å². The van der Waals surface area contributed by atoms with E-state index in [9.17, 15) is 5.11 Å². The summed E-state index contributed by atoms with van der Waals surface area (Å²) in [6.07, 6.45) is 9.03. The lowest BCUT2D eigenvalue weighted by atomic mass is 9.99.